The highest BCUT2D eigenvalue weighted by atomic mass is 19.4. The summed E-state index contributed by atoms with van der Waals surface area (Å²) in [4.78, 5) is 5.00. The van der Waals surface area contributed by atoms with Gasteiger partial charge in [-0.2, -0.15) is 13.2 Å². The molecule has 2 aromatic carbocycles. The van der Waals surface area contributed by atoms with E-state index in [1.807, 2.05) is 0 Å². The number of ether oxygens (including phenoxy) is 1. The van der Waals surface area contributed by atoms with Crippen molar-refractivity contribution in [1.82, 2.24) is 0 Å². The van der Waals surface area contributed by atoms with Crippen LogP contribution in [0.5, 0.6) is 5.75 Å². The van der Waals surface area contributed by atoms with Gasteiger partial charge in [0.05, 0.1) is 11.3 Å². The molecule has 0 heterocycles. The van der Waals surface area contributed by atoms with Crippen LogP contribution in [0.3, 0.4) is 0 Å². The molecule has 2 rings (SSSR count). The van der Waals surface area contributed by atoms with Crippen molar-refractivity contribution in [2.75, 3.05) is 6.61 Å². The van der Waals surface area contributed by atoms with E-state index in [1.165, 1.54) is 12.1 Å². The van der Waals surface area contributed by atoms with Crippen LogP contribution >= 0.6 is 0 Å². The number of rotatable bonds is 7. The molecule has 0 aliphatic rings. The average molecular weight is 364 g/mol. The molecule has 0 unspecified atom stereocenters. The van der Waals surface area contributed by atoms with Crippen LogP contribution in [0.15, 0.2) is 53.7 Å². The lowest BCUT2D eigenvalue weighted by atomic mass is 10.1. The lowest BCUT2D eigenvalue weighted by Crippen LogP contribution is -2.12. The Labute approximate surface area is 149 Å². The summed E-state index contributed by atoms with van der Waals surface area (Å²) in [6, 6.07) is 11.9. The highest BCUT2D eigenvalue weighted by molar-refractivity contribution is 6.46. The lowest BCUT2D eigenvalue weighted by molar-refractivity contribution is -0.138. The van der Waals surface area contributed by atoms with Crippen molar-refractivity contribution in [1.29, 1.82) is 5.41 Å². The molecular formula is C19H19F3N2O2. The maximum absolute atomic E-state index is 13.0. The second kappa shape index (κ2) is 8.51. The van der Waals surface area contributed by atoms with Crippen LogP contribution in [0.4, 0.5) is 13.2 Å². The molecule has 0 aliphatic carbocycles. The minimum absolute atomic E-state index is 0.0676. The van der Waals surface area contributed by atoms with Crippen LogP contribution in [-0.2, 0) is 17.6 Å². The van der Waals surface area contributed by atoms with Crippen molar-refractivity contribution in [3.63, 3.8) is 0 Å². The fourth-order valence-electron chi connectivity index (χ4n) is 2.26. The summed E-state index contributed by atoms with van der Waals surface area (Å²) in [6.07, 6.45) is -4.42. The Kier molecular flexibility index (Phi) is 6.38. The van der Waals surface area contributed by atoms with Gasteiger partial charge in [-0.3, -0.25) is 0 Å². The maximum Gasteiger partial charge on any atom is 0.416 e. The van der Waals surface area contributed by atoms with E-state index in [4.69, 9.17) is 15.0 Å². The second-order valence-electron chi connectivity index (χ2n) is 5.45. The Hall–Kier alpha value is -2.83. The maximum atomic E-state index is 13.0. The summed E-state index contributed by atoms with van der Waals surface area (Å²) in [5.74, 6) is 0.420. The van der Waals surface area contributed by atoms with Crippen LogP contribution in [0.1, 0.15) is 30.5 Å². The van der Waals surface area contributed by atoms with Gasteiger partial charge in [0.1, 0.15) is 24.7 Å². The summed E-state index contributed by atoms with van der Waals surface area (Å²) >= 11 is 0. The molecule has 26 heavy (non-hydrogen) atoms. The minimum Gasteiger partial charge on any atom is -0.489 e. The first-order chi connectivity index (χ1) is 12.3. The smallest absolute Gasteiger partial charge is 0.416 e. The van der Waals surface area contributed by atoms with E-state index in [2.05, 4.69) is 5.16 Å². The summed E-state index contributed by atoms with van der Waals surface area (Å²) in [6.45, 7) is 3.57. The van der Waals surface area contributed by atoms with E-state index in [-0.39, 0.29) is 17.9 Å². The fourth-order valence-corrected chi connectivity index (χ4v) is 2.26. The molecule has 0 fully saturated rings. The quantitative estimate of drug-likeness (QED) is 0.551. The normalized spacial score (nSPS) is 12.0. The van der Waals surface area contributed by atoms with Gasteiger partial charge in [0.15, 0.2) is 0 Å². The Morgan fingerprint density at radius 3 is 2.31 bits per heavy atom. The van der Waals surface area contributed by atoms with Gasteiger partial charge in [0, 0.05) is 11.1 Å². The third kappa shape index (κ3) is 5.08. The van der Waals surface area contributed by atoms with Crippen LogP contribution < -0.4 is 4.74 Å². The molecule has 0 bridgehead atoms. The van der Waals surface area contributed by atoms with Gasteiger partial charge in [-0.1, -0.05) is 23.4 Å². The van der Waals surface area contributed by atoms with Crippen molar-refractivity contribution in [2.45, 2.75) is 26.6 Å². The number of nitrogens with zero attached hydrogens (tertiary/aromatic N) is 1. The standard InChI is InChI=1S/C19H19F3N2O2/c1-3-26-24-18(13(2)23)14-8-10-16(11-9-14)25-12-15-6-4-5-7-17(15)19(20,21)22/h4-11,23H,3,12H2,1-2H3. The van der Waals surface area contributed by atoms with Gasteiger partial charge in [-0.05, 0) is 44.2 Å². The van der Waals surface area contributed by atoms with Gasteiger partial charge in [-0.15, -0.1) is 0 Å². The molecule has 4 nitrogen and oxygen atoms in total. The van der Waals surface area contributed by atoms with Gasteiger partial charge >= 0.3 is 6.18 Å². The number of nitrogens with one attached hydrogen (secondary N) is 1. The monoisotopic (exact) mass is 364 g/mol. The van der Waals surface area contributed by atoms with E-state index < -0.39 is 11.7 Å². The molecule has 0 saturated carbocycles. The number of alkyl halides is 3. The number of benzene rings is 2. The Morgan fingerprint density at radius 1 is 1.08 bits per heavy atom. The average Bonchev–Trinajstić information content (AvgIpc) is 2.60. The van der Waals surface area contributed by atoms with Gasteiger partial charge in [0.2, 0.25) is 0 Å². The summed E-state index contributed by atoms with van der Waals surface area (Å²) in [5.41, 5.74) is 0.654. The summed E-state index contributed by atoms with van der Waals surface area (Å²) in [5, 5.41) is 11.6. The van der Waals surface area contributed by atoms with E-state index in [9.17, 15) is 13.2 Å². The highest BCUT2D eigenvalue weighted by Gasteiger charge is 2.32. The number of halogens is 3. The van der Waals surface area contributed by atoms with E-state index in [0.717, 1.165) is 6.07 Å². The van der Waals surface area contributed by atoms with Gasteiger partial charge in [0.25, 0.3) is 0 Å². The second-order valence-corrected chi connectivity index (χ2v) is 5.45. The molecule has 0 aromatic heterocycles. The zero-order chi connectivity index (χ0) is 19.2. The minimum atomic E-state index is -4.42. The summed E-state index contributed by atoms with van der Waals surface area (Å²) < 4.78 is 44.5. The third-order valence-corrected chi connectivity index (χ3v) is 3.48. The number of oxime groups is 1. The predicted octanol–water partition coefficient (Wildman–Crippen LogP) is 5.06. The summed E-state index contributed by atoms with van der Waals surface area (Å²) in [7, 11) is 0. The topological polar surface area (TPSA) is 54.7 Å². The molecular weight excluding hydrogens is 345 g/mol. The first-order valence-electron chi connectivity index (χ1n) is 7.96. The van der Waals surface area contributed by atoms with Gasteiger partial charge in [-0.25, -0.2) is 0 Å². The SMILES string of the molecule is CCON=C(C(C)=N)c1ccc(OCc2ccccc2C(F)(F)F)cc1. The van der Waals surface area contributed by atoms with Crippen LogP contribution in [0, 0.1) is 5.41 Å². The molecule has 0 saturated heterocycles. The van der Waals surface area contributed by atoms with Crippen molar-refractivity contribution < 1.29 is 22.7 Å². The molecule has 1 N–H and O–H groups in total. The Bertz CT molecular complexity index is 784. The first-order valence-corrected chi connectivity index (χ1v) is 7.96. The molecule has 2 aromatic rings. The number of hydrogen-bond donors (Lipinski definition) is 1. The number of hydrogen-bond acceptors (Lipinski definition) is 4. The molecule has 0 spiro atoms. The van der Waals surface area contributed by atoms with Crippen molar-refractivity contribution in [3.05, 3.63) is 65.2 Å². The molecule has 0 amide bonds. The van der Waals surface area contributed by atoms with Crippen molar-refractivity contribution in [3.8, 4) is 5.75 Å². The van der Waals surface area contributed by atoms with Gasteiger partial charge < -0.3 is 15.0 Å². The van der Waals surface area contributed by atoms with Crippen molar-refractivity contribution >= 4 is 11.4 Å². The van der Waals surface area contributed by atoms with Crippen LogP contribution in [0.25, 0.3) is 0 Å². The lowest BCUT2D eigenvalue weighted by Gasteiger charge is -2.13. The van der Waals surface area contributed by atoms with Crippen LogP contribution in [0.2, 0.25) is 0 Å². The molecule has 0 atom stereocenters. The first kappa shape index (κ1) is 19.5. The van der Waals surface area contributed by atoms with E-state index in [0.29, 0.717) is 23.6 Å². The zero-order valence-corrected chi connectivity index (χ0v) is 14.4. The molecule has 0 radical (unpaired) electrons. The van der Waals surface area contributed by atoms with Crippen molar-refractivity contribution in [2.24, 2.45) is 5.16 Å². The van der Waals surface area contributed by atoms with Crippen LogP contribution in [-0.4, -0.2) is 18.0 Å². The Morgan fingerprint density at radius 2 is 1.73 bits per heavy atom. The highest BCUT2D eigenvalue weighted by Crippen LogP contribution is 2.32. The zero-order valence-electron chi connectivity index (χ0n) is 14.4. The predicted molar refractivity (Wildman–Crippen MR) is 93.8 cm³/mol. The Balaban J connectivity index is 2.12. The van der Waals surface area contributed by atoms with E-state index >= 15 is 0 Å². The molecule has 7 heteroatoms. The largest absolute Gasteiger partial charge is 0.489 e. The molecule has 138 valence electrons. The molecule has 0 aliphatic heterocycles. The third-order valence-electron chi connectivity index (χ3n) is 3.48. The fraction of sp³-hybridized carbons (Fsp3) is 0.263. The van der Waals surface area contributed by atoms with E-state index in [1.54, 1.807) is 44.2 Å².